The van der Waals surface area contributed by atoms with E-state index in [1.165, 1.54) is 25.7 Å². The SMILES string of the molecule is CCCCC(=O)C1C2CCCCC21. The molecule has 2 unspecified atom stereocenters. The molecule has 74 valence electrons. The van der Waals surface area contributed by atoms with Gasteiger partial charge in [0.25, 0.3) is 0 Å². The molecule has 0 amide bonds. The third-order valence-corrected chi connectivity index (χ3v) is 3.81. The van der Waals surface area contributed by atoms with E-state index in [1.807, 2.05) is 0 Å². The summed E-state index contributed by atoms with van der Waals surface area (Å²) in [5.74, 6) is 2.73. The zero-order valence-electron chi connectivity index (χ0n) is 8.59. The van der Waals surface area contributed by atoms with Gasteiger partial charge >= 0.3 is 0 Å². The summed E-state index contributed by atoms with van der Waals surface area (Å²) in [5.41, 5.74) is 0. The molecule has 2 aliphatic rings. The van der Waals surface area contributed by atoms with Crippen molar-refractivity contribution in [3.8, 4) is 0 Å². The molecule has 0 aromatic heterocycles. The Bertz CT molecular complexity index is 185. The Morgan fingerprint density at radius 2 is 1.85 bits per heavy atom. The third-order valence-electron chi connectivity index (χ3n) is 3.81. The van der Waals surface area contributed by atoms with Crippen LogP contribution in [0.3, 0.4) is 0 Å². The molecule has 0 saturated heterocycles. The summed E-state index contributed by atoms with van der Waals surface area (Å²) >= 11 is 0. The number of rotatable bonds is 4. The first kappa shape index (κ1) is 9.23. The minimum absolute atomic E-state index is 0.508. The zero-order valence-corrected chi connectivity index (χ0v) is 8.59. The van der Waals surface area contributed by atoms with Crippen molar-refractivity contribution < 1.29 is 4.79 Å². The summed E-state index contributed by atoms with van der Waals surface area (Å²) in [7, 11) is 0. The highest BCUT2D eigenvalue weighted by atomic mass is 16.1. The molecule has 0 N–H and O–H groups in total. The quantitative estimate of drug-likeness (QED) is 0.649. The normalized spacial score (nSPS) is 36.8. The molecule has 0 aromatic carbocycles. The Balaban J connectivity index is 1.79. The Morgan fingerprint density at radius 3 is 2.38 bits per heavy atom. The number of hydrogen-bond donors (Lipinski definition) is 0. The van der Waals surface area contributed by atoms with Crippen LogP contribution in [0.15, 0.2) is 0 Å². The second kappa shape index (κ2) is 3.81. The van der Waals surface area contributed by atoms with Crippen LogP contribution in [0.4, 0.5) is 0 Å². The predicted molar refractivity (Wildman–Crippen MR) is 53.5 cm³/mol. The fraction of sp³-hybridized carbons (Fsp3) is 0.917. The number of carbonyl (C=O) groups excluding carboxylic acids is 1. The van der Waals surface area contributed by atoms with Crippen molar-refractivity contribution in [2.45, 2.75) is 51.9 Å². The van der Waals surface area contributed by atoms with Crippen molar-refractivity contribution >= 4 is 5.78 Å². The molecule has 2 rings (SSSR count). The lowest BCUT2D eigenvalue weighted by Gasteiger charge is -2.04. The maximum atomic E-state index is 11.7. The van der Waals surface area contributed by atoms with Gasteiger partial charge in [-0.2, -0.15) is 0 Å². The van der Waals surface area contributed by atoms with Crippen LogP contribution in [0.25, 0.3) is 0 Å². The van der Waals surface area contributed by atoms with E-state index >= 15 is 0 Å². The number of ketones is 1. The minimum atomic E-state index is 0.508. The van der Waals surface area contributed by atoms with Crippen LogP contribution < -0.4 is 0 Å². The second-order valence-electron chi connectivity index (χ2n) is 4.71. The molecule has 0 aliphatic heterocycles. The van der Waals surface area contributed by atoms with Crippen LogP contribution in [0, 0.1) is 17.8 Å². The van der Waals surface area contributed by atoms with E-state index in [1.54, 1.807) is 0 Å². The molecule has 0 spiro atoms. The molecule has 2 aliphatic carbocycles. The van der Waals surface area contributed by atoms with Gasteiger partial charge in [-0.1, -0.05) is 26.2 Å². The van der Waals surface area contributed by atoms with Gasteiger partial charge in [0.15, 0.2) is 0 Å². The van der Waals surface area contributed by atoms with Gasteiger partial charge < -0.3 is 0 Å². The van der Waals surface area contributed by atoms with E-state index in [-0.39, 0.29) is 0 Å². The molecule has 2 fully saturated rings. The molecule has 1 heteroatoms. The summed E-state index contributed by atoms with van der Waals surface area (Å²) in [5, 5.41) is 0. The summed E-state index contributed by atoms with van der Waals surface area (Å²) in [6.07, 6.45) is 8.55. The standard InChI is InChI=1S/C12H20O/c1-2-3-8-11(13)12-9-6-4-5-7-10(9)12/h9-10,12H,2-8H2,1H3. The van der Waals surface area contributed by atoms with E-state index in [2.05, 4.69) is 6.92 Å². The molecular formula is C12H20O. The largest absolute Gasteiger partial charge is 0.299 e. The van der Waals surface area contributed by atoms with Crippen molar-refractivity contribution in [2.75, 3.05) is 0 Å². The average Bonchev–Trinajstić information content (AvgIpc) is 2.88. The van der Waals surface area contributed by atoms with Crippen LogP contribution in [0.5, 0.6) is 0 Å². The zero-order chi connectivity index (χ0) is 9.26. The highest BCUT2D eigenvalue weighted by molar-refractivity contribution is 5.84. The first-order valence-electron chi connectivity index (χ1n) is 5.87. The number of fused-ring (bicyclic) bond motifs is 1. The van der Waals surface area contributed by atoms with Crippen LogP contribution in [0.1, 0.15) is 51.9 Å². The Kier molecular flexibility index (Phi) is 2.71. The Labute approximate surface area is 80.9 Å². The van der Waals surface area contributed by atoms with Crippen molar-refractivity contribution in [3.63, 3.8) is 0 Å². The van der Waals surface area contributed by atoms with Crippen molar-refractivity contribution in [1.29, 1.82) is 0 Å². The topological polar surface area (TPSA) is 17.1 Å². The van der Waals surface area contributed by atoms with Crippen LogP contribution >= 0.6 is 0 Å². The first-order valence-corrected chi connectivity index (χ1v) is 5.87. The molecule has 1 nitrogen and oxygen atoms in total. The monoisotopic (exact) mass is 180 g/mol. The van der Waals surface area contributed by atoms with Gasteiger partial charge in [0.1, 0.15) is 5.78 Å². The molecule has 0 bridgehead atoms. The Morgan fingerprint density at radius 1 is 1.23 bits per heavy atom. The lowest BCUT2D eigenvalue weighted by atomic mass is 10.0. The maximum absolute atomic E-state index is 11.7. The summed E-state index contributed by atoms with van der Waals surface area (Å²) < 4.78 is 0. The van der Waals surface area contributed by atoms with Gasteiger partial charge in [0.2, 0.25) is 0 Å². The molecular weight excluding hydrogens is 160 g/mol. The molecule has 2 saturated carbocycles. The fourth-order valence-corrected chi connectivity index (χ4v) is 2.99. The van der Waals surface area contributed by atoms with Crippen molar-refractivity contribution in [2.24, 2.45) is 17.8 Å². The lowest BCUT2D eigenvalue weighted by Crippen LogP contribution is -2.02. The molecule has 0 radical (unpaired) electrons. The van der Waals surface area contributed by atoms with E-state index in [9.17, 15) is 4.79 Å². The average molecular weight is 180 g/mol. The smallest absolute Gasteiger partial charge is 0.136 e. The fourth-order valence-electron chi connectivity index (χ4n) is 2.99. The van der Waals surface area contributed by atoms with Gasteiger partial charge in [0.05, 0.1) is 0 Å². The van der Waals surface area contributed by atoms with E-state index in [0.29, 0.717) is 11.7 Å². The highest BCUT2D eigenvalue weighted by Gasteiger charge is 2.53. The van der Waals surface area contributed by atoms with Crippen molar-refractivity contribution in [1.82, 2.24) is 0 Å². The van der Waals surface area contributed by atoms with E-state index in [0.717, 1.165) is 31.1 Å². The van der Waals surface area contributed by atoms with Gasteiger partial charge in [-0.15, -0.1) is 0 Å². The predicted octanol–water partition coefficient (Wildman–Crippen LogP) is 3.18. The van der Waals surface area contributed by atoms with Crippen LogP contribution in [-0.4, -0.2) is 5.78 Å². The van der Waals surface area contributed by atoms with Gasteiger partial charge in [-0.3, -0.25) is 4.79 Å². The Hall–Kier alpha value is -0.330. The maximum Gasteiger partial charge on any atom is 0.136 e. The second-order valence-corrected chi connectivity index (χ2v) is 4.71. The number of hydrogen-bond acceptors (Lipinski definition) is 1. The number of unbranched alkanes of at least 4 members (excludes halogenated alkanes) is 1. The van der Waals surface area contributed by atoms with Crippen molar-refractivity contribution in [3.05, 3.63) is 0 Å². The van der Waals surface area contributed by atoms with Gasteiger partial charge in [0, 0.05) is 12.3 Å². The van der Waals surface area contributed by atoms with Crippen LogP contribution in [0.2, 0.25) is 0 Å². The highest BCUT2D eigenvalue weighted by Crippen LogP contribution is 2.56. The summed E-state index contributed by atoms with van der Waals surface area (Å²) in [4.78, 5) is 11.7. The molecule has 13 heavy (non-hydrogen) atoms. The lowest BCUT2D eigenvalue weighted by molar-refractivity contribution is -0.120. The third kappa shape index (κ3) is 1.79. The first-order chi connectivity index (χ1) is 6.34. The van der Waals surface area contributed by atoms with Crippen LogP contribution in [-0.2, 0) is 4.79 Å². The molecule has 0 heterocycles. The van der Waals surface area contributed by atoms with E-state index in [4.69, 9.17) is 0 Å². The molecule has 0 aromatic rings. The van der Waals surface area contributed by atoms with Gasteiger partial charge in [-0.25, -0.2) is 0 Å². The van der Waals surface area contributed by atoms with E-state index < -0.39 is 0 Å². The summed E-state index contributed by atoms with van der Waals surface area (Å²) in [6, 6.07) is 0. The molecule has 2 atom stereocenters. The summed E-state index contributed by atoms with van der Waals surface area (Å²) in [6.45, 7) is 2.16. The minimum Gasteiger partial charge on any atom is -0.299 e. The number of Topliss-reactive ketones (excluding diaryl/α,β-unsaturated/α-hetero) is 1. The number of carbonyl (C=O) groups is 1. The van der Waals surface area contributed by atoms with Gasteiger partial charge in [-0.05, 0) is 31.1 Å².